The average Bonchev–Trinajstić information content (AvgIpc) is 2.28. The minimum absolute atomic E-state index is 0.140. The summed E-state index contributed by atoms with van der Waals surface area (Å²) >= 11 is 0. The quantitative estimate of drug-likeness (QED) is 0.613. The van der Waals surface area contributed by atoms with Crippen LogP contribution in [-0.4, -0.2) is 26.4 Å². The van der Waals surface area contributed by atoms with Gasteiger partial charge in [0.2, 0.25) is 0 Å². The molecule has 0 fully saturated rings. The van der Waals surface area contributed by atoms with Crippen LogP contribution in [-0.2, 0) is 9.57 Å². The third kappa shape index (κ3) is 4.75. The third-order valence-electron chi connectivity index (χ3n) is 1.73. The Labute approximate surface area is 96.7 Å². The summed E-state index contributed by atoms with van der Waals surface area (Å²) in [5.41, 5.74) is 1.88. The number of rotatable bonds is 5. The molecular formula is C10H12F2N2O3. The summed E-state index contributed by atoms with van der Waals surface area (Å²) in [5, 5.41) is 2.16. The van der Waals surface area contributed by atoms with E-state index in [1.165, 1.54) is 7.11 Å². The molecule has 0 atom stereocenters. The van der Waals surface area contributed by atoms with E-state index >= 15 is 0 Å². The van der Waals surface area contributed by atoms with Crippen molar-refractivity contribution < 1.29 is 23.1 Å². The molecule has 0 radical (unpaired) electrons. The van der Waals surface area contributed by atoms with Crippen LogP contribution in [0.5, 0.6) is 0 Å². The lowest BCUT2D eigenvalue weighted by molar-refractivity contribution is 0.0272. The van der Waals surface area contributed by atoms with Gasteiger partial charge in [-0.3, -0.25) is 4.84 Å². The minimum Gasteiger partial charge on any atom is -0.382 e. The van der Waals surface area contributed by atoms with E-state index in [9.17, 15) is 13.6 Å². The van der Waals surface area contributed by atoms with Gasteiger partial charge < -0.3 is 10.1 Å². The fraction of sp³-hybridized carbons (Fsp3) is 0.300. The molecule has 7 heteroatoms. The first-order chi connectivity index (χ1) is 8.13. The van der Waals surface area contributed by atoms with Gasteiger partial charge in [0.05, 0.1) is 18.9 Å². The molecule has 0 saturated heterocycles. The van der Waals surface area contributed by atoms with Gasteiger partial charge in [-0.15, -0.1) is 0 Å². The zero-order valence-corrected chi connectivity index (χ0v) is 9.13. The number of methoxy groups -OCH3 is 1. The summed E-state index contributed by atoms with van der Waals surface area (Å²) in [4.78, 5) is 15.9. The number of hydrogen-bond acceptors (Lipinski definition) is 3. The highest BCUT2D eigenvalue weighted by atomic mass is 19.1. The van der Waals surface area contributed by atoms with Gasteiger partial charge in [-0.05, 0) is 12.1 Å². The normalized spacial score (nSPS) is 10.1. The summed E-state index contributed by atoms with van der Waals surface area (Å²) in [6, 6.07) is 2.05. The van der Waals surface area contributed by atoms with E-state index in [0.29, 0.717) is 12.7 Å². The maximum atomic E-state index is 13.1. The molecule has 17 heavy (non-hydrogen) atoms. The molecule has 2 amide bonds. The van der Waals surface area contributed by atoms with Crippen molar-refractivity contribution in [1.29, 1.82) is 0 Å². The lowest BCUT2D eigenvalue weighted by Gasteiger charge is -2.08. The van der Waals surface area contributed by atoms with Crippen LogP contribution in [0.3, 0.4) is 0 Å². The van der Waals surface area contributed by atoms with E-state index in [4.69, 9.17) is 0 Å². The lowest BCUT2D eigenvalue weighted by Crippen LogP contribution is -2.30. The molecule has 0 aliphatic rings. The zero-order chi connectivity index (χ0) is 12.7. The predicted octanol–water partition coefficient (Wildman–Crippen LogP) is 1.66. The molecular weight excluding hydrogens is 234 g/mol. The predicted molar refractivity (Wildman–Crippen MR) is 56.3 cm³/mol. The highest BCUT2D eigenvalue weighted by Crippen LogP contribution is 2.14. The molecule has 0 saturated carbocycles. The Morgan fingerprint density at radius 3 is 2.76 bits per heavy atom. The number of benzene rings is 1. The zero-order valence-electron chi connectivity index (χ0n) is 9.13. The van der Waals surface area contributed by atoms with Gasteiger partial charge in [-0.2, -0.15) is 0 Å². The van der Waals surface area contributed by atoms with Crippen molar-refractivity contribution in [1.82, 2.24) is 5.48 Å². The molecule has 5 nitrogen and oxygen atoms in total. The van der Waals surface area contributed by atoms with Crippen molar-refractivity contribution in [3.63, 3.8) is 0 Å². The van der Waals surface area contributed by atoms with E-state index in [1.807, 2.05) is 5.48 Å². The van der Waals surface area contributed by atoms with Crippen LogP contribution in [0.25, 0.3) is 0 Å². The van der Waals surface area contributed by atoms with E-state index < -0.39 is 17.7 Å². The van der Waals surface area contributed by atoms with Crippen LogP contribution in [0.1, 0.15) is 0 Å². The summed E-state index contributed by atoms with van der Waals surface area (Å²) in [5.74, 6) is -1.58. The number of halogens is 2. The van der Waals surface area contributed by atoms with Gasteiger partial charge in [0.15, 0.2) is 0 Å². The SMILES string of the molecule is COCCONC(=O)Nc1ccc(F)cc1F. The minimum atomic E-state index is -0.864. The van der Waals surface area contributed by atoms with Crippen LogP contribution >= 0.6 is 0 Å². The monoisotopic (exact) mass is 246 g/mol. The largest absolute Gasteiger partial charge is 0.382 e. The van der Waals surface area contributed by atoms with Gasteiger partial charge in [0.1, 0.15) is 11.6 Å². The number of ether oxygens (including phenoxy) is 1. The van der Waals surface area contributed by atoms with Crippen molar-refractivity contribution in [3.05, 3.63) is 29.8 Å². The molecule has 2 N–H and O–H groups in total. The Morgan fingerprint density at radius 2 is 2.12 bits per heavy atom. The number of hydroxylamine groups is 1. The number of amides is 2. The molecule has 0 unspecified atom stereocenters. The molecule has 1 aromatic carbocycles. The number of carbonyl (C=O) groups is 1. The highest BCUT2D eigenvalue weighted by Gasteiger charge is 2.07. The summed E-state index contributed by atoms with van der Waals surface area (Å²) in [6.07, 6.45) is 0. The van der Waals surface area contributed by atoms with Gasteiger partial charge in [0.25, 0.3) is 0 Å². The second kappa shape index (κ2) is 6.77. The Balaban J connectivity index is 2.40. The molecule has 0 aliphatic heterocycles. The first-order valence-electron chi connectivity index (χ1n) is 4.76. The van der Waals surface area contributed by atoms with E-state index in [-0.39, 0.29) is 12.3 Å². The van der Waals surface area contributed by atoms with Gasteiger partial charge in [-0.1, -0.05) is 0 Å². The maximum absolute atomic E-state index is 13.1. The van der Waals surface area contributed by atoms with Crippen LogP contribution < -0.4 is 10.8 Å². The van der Waals surface area contributed by atoms with Crippen molar-refractivity contribution in [2.45, 2.75) is 0 Å². The number of hydrogen-bond donors (Lipinski definition) is 2. The first-order valence-corrected chi connectivity index (χ1v) is 4.76. The van der Waals surface area contributed by atoms with Crippen LogP contribution in [0.2, 0.25) is 0 Å². The second-order valence-electron chi connectivity index (χ2n) is 3.02. The van der Waals surface area contributed by atoms with Gasteiger partial charge in [-0.25, -0.2) is 19.1 Å². The van der Waals surface area contributed by atoms with Crippen LogP contribution in [0, 0.1) is 11.6 Å². The third-order valence-corrected chi connectivity index (χ3v) is 1.73. The van der Waals surface area contributed by atoms with Gasteiger partial charge >= 0.3 is 6.03 Å². The van der Waals surface area contributed by atoms with E-state index in [0.717, 1.165) is 12.1 Å². The molecule has 94 valence electrons. The van der Waals surface area contributed by atoms with Gasteiger partial charge in [0, 0.05) is 13.2 Å². The van der Waals surface area contributed by atoms with Crippen molar-refractivity contribution in [2.24, 2.45) is 0 Å². The highest BCUT2D eigenvalue weighted by molar-refractivity contribution is 5.88. The maximum Gasteiger partial charge on any atom is 0.343 e. The molecule has 0 aliphatic carbocycles. The number of anilines is 1. The van der Waals surface area contributed by atoms with Crippen LogP contribution in [0.4, 0.5) is 19.3 Å². The van der Waals surface area contributed by atoms with Crippen molar-refractivity contribution in [3.8, 4) is 0 Å². The van der Waals surface area contributed by atoms with E-state index in [2.05, 4.69) is 14.9 Å². The fourth-order valence-corrected chi connectivity index (χ4v) is 0.980. The molecule has 0 heterocycles. The molecule has 0 aromatic heterocycles. The number of urea groups is 1. The number of carbonyl (C=O) groups excluding carboxylic acids is 1. The Kier molecular flexibility index (Phi) is 5.31. The average molecular weight is 246 g/mol. The first kappa shape index (κ1) is 13.3. The second-order valence-corrected chi connectivity index (χ2v) is 3.02. The Hall–Kier alpha value is -1.73. The smallest absolute Gasteiger partial charge is 0.343 e. The number of nitrogens with one attached hydrogen (secondary N) is 2. The Morgan fingerprint density at radius 1 is 1.35 bits per heavy atom. The summed E-state index contributed by atoms with van der Waals surface area (Å²) in [7, 11) is 1.48. The summed E-state index contributed by atoms with van der Waals surface area (Å²) < 4.78 is 30.4. The van der Waals surface area contributed by atoms with Crippen molar-refractivity contribution in [2.75, 3.05) is 25.6 Å². The molecule has 1 aromatic rings. The molecule has 0 spiro atoms. The van der Waals surface area contributed by atoms with Crippen LogP contribution in [0.15, 0.2) is 18.2 Å². The standard InChI is InChI=1S/C10H12F2N2O3/c1-16-4-5-17-14-10(15)13-9-3-2-7(11)6-8(9)12/h2-3,6H,4-5H2,1H3,(H2,13,14,15). The summed E-state index contributed by atoms with van der Waals surface area (Å²) in [6.45, 7) is 0.473. The van der Waals surface area contributed by atoms with Crippen molar-refractivity contribution >= 4 is 11.7 Å². The Bertz CT molecular complexity index is 388. The fourth-order valence-electron chi connectivity index (χ4n) is 0.980. The molecule has 0 bridgehead atoms. The lowest BCUT2D eigenvalue weighted by atomic mass is 10.3. The molecule has 1 rings (SSSR count). The van der Waals surface area contributed by atoms with E-state index in [1.54, 1.807) is 0 Å². The topological polar surface area (TPSA) is 59.6 Å².